The molecular weight excluding hydrogens is 364 g/mol. The number of ether oxygens (including phenoxy) is 1. The van der Waals surface area contributed by atoms with Crippen molar-refractivity contribution < 1.29 is 23.5 Å². The van der Waals surface area contributed by atoms with Gasteiger partial charge in [-0.25, -0.2) is 9.59 Å². The minimum Gasteiger partial charge on any atom is -0.459 e. The Kier molecular flexibility index (Phi) is 4.97. The molecule has 8 heteroatoms. The number of imide groups is 1. The molecule has 1 atom stereocenters. The molecule has 0 bridgehead atoms. The van der Waals surface area contributed by atoms with E-state index in [2.05, 4.69) is 5.32 Å². The van der Waals surface area contributed by atoms with Crippen LogP contribution < -0.4 is 10.9 Å². The number of rotatable bonds is 5. The summed E-state index contributed by atoms with van der Waals surface area (Å²) in [4.78, 5) is 49.2. The zero-order chi connectivity index (χ0) is 20.6. The van der Waals surface area contributed by atoms with Crippen molar-refractivity contribution in [2.45, 2.75) is 46.3 Å². The molecule has 0 unspecified atom stereocenters. The molecule has 1 fully saturated rings. The summed E-state index contributed by atoms with van der Waals surface area (Å²) in [5.41, 5.74) is 1.33. The second-order valence-electron chi connectivity index (χ2n) is 7.19. The van der Waals surface area contributed by atoms with Gasteiger partial charge >= 0.3 is 17.6 Å². The topological polar surface area (TPSA) is 106 Å². The number of aryl methyl sites for hydroxylation is 2. The highest BCUT2D eigenvalue weighted by Crippen LogP contribution is 2.23. The van der Waals surface area contributed by atoms with E-state index < -0.39 is 35.6 Å². The van der Waals surface area contributed by atoms with Crippen LogP contribution in [0, 0.1) is 13.8 Å². The van der Waals surface area contributed by atoms with Crippen LogP contribution >= 0.6 is 0 Å². The molecule has 1 aliphatic rings. The number of esters is 1. The van der Waals surface area contributed by atoms with Gasteiger partial charge in [-0.1, -0.05) is 6.92 Å². The molecule has 0 radical (unpaired) electrons. The van der Waals surface area contributed by atoms with Crippen LogP contribution in [0.25, 0.3) is 11.0 Å². The first-order valence-corrected chi connectivity index (χ1v) is 8.98. The monoisotopic (exact) mass is 386 g/mol. The number of hydrogen-bond donors (Lipinski definition) is 1. The zero-order valence-corrected chi connectivity index (χ0v) is 16.3. The normalized spacial score (nSPS) is 19.2. The van der Waals surface area contributed by atoms with Crippen molar-refractivity contribution >= 4 is 28.9 Å². The summed E-state index contributed by atoms with van der Waals surface area (Å²) in [6, 6.07) is 4.27. The molecule has 0 aliphatic carbocycles. The molecule has 3 rings (SSSR count). The fourth-order valence-corrected chi connectivity index (χ4v) is 3.07. The summed E-state index contributed by atoms with van der Waals surface area (Å²) >= 11 is 0. The van der Waals surface area contributed by atoms with Crippen molar-refractivity contribution in [1.29, 1.82) is 0 Å². The Balaban J connectivity index is 1.75. The van der Waals surface area contributed by atoms with Crippen LogP contribution in [0.2, 0.25) is 0 Å². The summed E-state index contributed by atoms with van der Waals surface area (Å²) in [5, 5.41) is 3.25. The molecule has 3 amide bonds. The van der Waals surface area contributed by atoms with Crippen LogP contribution in [-0.2, 0) is 20.9 Å². The van der Waals surface area contributed by atoms with Crippen molar-refractivity contribution in [2.75, 3.05) is 6.54 Å². The van der Waals surface area contributed by atoms with Crippen LogP contribution in [0.1, 0.15) is 37.0 Å². The average Bonchev–Trinajstić information content (AvgIpc) is 2.85. The number of nitrogens with one attached hydrogen (secondary N) is 1. The molecule has 148 valence electrons. The Morgan fingerprint density at radius 2 is 1.86 bits per heavy atom. The molecule has 1 aromatic carbocycles. The summed E-state index contributed by atoms with van der Waals surface area (Å²) < 4.78 is 10.4. The third-order valence-electron chi connectivity index (χ3n) is 5.17. The first-order valence-electron chi connectivity index (χ1n) is 8.98. The van der Waals surface area contributed by atoms with Crippen LogP contribution in [0.15, 0.2) is 27.4 Å². The van der Waals surface area contributed by atoms with Gasteiger partial charge < -0.3 is 14.5 Å². The highest BCUT2D eigenvalue weighted by atomic mass is 16.5. The summed E-state index contributed by atoms with van der Waals surface area (Å²) in [7, 11) is 0. The lowest BCUT2D eigenvalue weighted by molar-refractivity contribution is -0.148. The minimum absolute atomic E-state index is 0.169. The van der Waals surface area contributed by atoms with Crippen molar-refractivity contribution in [1.82, 2.24) is 10.2 Å². The van der Waals surface area contributed by atoms with E-state index in [9.17, 15) is 19.2 Å². The van der Waals surface area contributed by atoms with E-state index in [4.69, 9.17) is 9.15 Å². The van der Waals surface area contributed by atoms with E-state index in [1.54, 1.807) is 19.9 Å². The summed E-state index contributed by atoms with van der Waals surface area (Å²) in [6.07, 6.45) is 0.410. The third-order valence-corrected chi connectivity index (χ3v) is 5.17. The molecule has 1 saturated heterocycles. The van der Waals surface area contributed by atoms with Gasteiger partial charge in [0.1, 0.15) is 24.3 Å². The smallest absolute Gasteiger partial charge is 0.336 e. The standard InChI is InChI=1S/C20H22N2O6/c1-5-20(4)18(25)22(19(26)21-20)9-17(24)27-10-13-8-16(23)28-15-7-12(3)11(2)6-14(13)15/h6-8H,5,9-10H2,1-4H3,(H,21,26)/t20-/m0/s1. The Hall–Kier alpha value is -3.16. The lowest BCUT2D eigenvalue weighted by Gasteiger charge is -2.18. The SMILES string of the molecule is CC[C@]1(C)NC(=O)N(CC(=O)OCc2cc(=O)oc3cc(C)c(C)cc23)C1=O. The lowest BCUT2D eigenvalue weighted by atomic mass is 9.99. The maximum Gasteiger partial charge on any atom is 0.336 e. The summed E-state index contributed by atoms with van der Waals surface area (Å²) in [6.45, 7) is 6.56. The van der Waals surface area contributed by atoms with Crippen LogP contribution in [0.5, 0.6) is 0 Å². The Morgan fingerprint density at radius 3 is 2.50 bits per heavy atom. The molecular formula is C20H22N2O6. The number of hydrogen-bond acceptors (Lipinski definition) is 6. The largest absolute Gasteiger partial charge is 0.459 e. The third kappa shape index (κ3) is 3.49. The van der Waals surface area contributed by atoms with Crippen molar-refractivity contribution in [3.63, 3.8) is 0 Å². The summed E-state index contributed by atoms with van der Waals surface area (Å²) in [5.74, 6) is -1.21. The number of nitrogens with zero attached hydrogens (tertiary/aromatic N) is 1. The highest BCUT2D eigenvalue weighted by molar-refractivity contribution is 6.08. The van der Waals surface area contributed by atoms with Gasteiger partial charge in [0.25, 0.3) is 5.91 Å². The zero-order valence-electron chi connectivity index (χ0n) is 16.3. The number of urea groups is 1. The number of benzene rings is 1. The quantitative estimate of drug-likeness (QED) is 0.480. The van der Waals surface area contributed by atoms with E-state index in [-0.39, 0.29) is 6.61 Å². The fourth-order valence-electron chi connectivity index (χ4n) is 3.07. The first kappa shape index (κ1) is 19.6. The second-order valence-corrected chi connectivity index (χ2v) is 7.19. The predicted octanol–water partition coefficient (Wildman–Crippen LogP) is 2.17. The van der Waals surface area contributed by atoms with Gasteiger partial charge in [-0.15, -0.1) is 0 Å². The highest BCUT2D eigenvalue weighted by Gasteiger charge is 2.47. The maximum absolute atomic E-state index is 12.3. The van der Waals surface area contributed by atoms with E-state index in [1.165, 1.54) is 6.07 Å². The molecule has 28 heavy (non-hydrogen) atoms. The van der Waals surface area contributed by atoms with Crippen LogP contribution in [0.4, 0.5) is 4.79 Å². The number of fused-ring (bicyclic) bond motifs is 1. The lowest BCUT2D eigenvalue weighted by Crippen LogP contribution is -2.43. The number of carbonyl (C=O) groups excluding carboxylic acids is 3. The van der Waals surface area contributed by atoms with E-state index in [0.29, 0.717) is 23.0 Å². The van der Waals surface area contributed by atoms with E-state index >= 15 is 0 Å². The Bertz CT molecular complexity index is 1040. The van der Waals surface area contributed by atoms with Gasteiger partial charge in [-0.3, -0.25) is 14.5 Å². The Morgan fingerprint density at radius 1 is 1.18 bits per heavy atom. The van der Waals surface area contributed by atoms with Gasteiger partial charge in [0.2, 0.25) is 0 Å². The molecule has 0 spiro atoms. The maximum atomic E-state index is 12.3. The van der Waals surface area contributed by atoms with Crippen molar-refractivity contribution in [2.24, 2.45) is 0 Å². The van der Waals surface area contributed by atoms with Crippen molar-refractivity contribution in [3.8, 4) is 0 Å². The van der Waals surface area contributed by atoms with E-state index in [0.717, 1.165) is 16.0 Å². The Labute approximate surface area is 161 Å². The second kappa shape index (κ2) is 7.10. The fraction of sp³-hybridized carbons (Fsp3) is 0.400. The molecule has 1 N–H and O–H groups in total. The molecule has 8 nitrogen and oxygen atoms in total. The average molecular weight is 386 g/mol. The van der Waals surface area contributed by atoms with Gasteiger partial charge in [0, 0.05) is 17.0 Å². The van der Waals surface area contributed by atoms with Gasteiger partial charge in [-0.05, 0) is 50.5 Å². The van der Waals surface area contributed by atoms with Gasteiger partial charge in [0.05, 0.1) is 0 Å². The van der Waals surface area contributed by atoms with Crippen molar-refractivity contribution in [3.05, 3.63) is 45.3 Å². The van der Waals surface area contributed by atoms with Gasteiger partial charge in [0.15, 0.2) is 0 Å². The van der Waals surface area contributed by atoms with Crippen LogP contribution in [0.3, 0.4) is 0 Å². The van der Waals surface area contributed by atoms with Gasteiger partial charge in [-0.2, -0.15) is 0 Å². The predicted molar refractivity (Wildman–Crippen MR) is 101 cm³/mol. The first-order chi connectivity index (χ1) is 13.1. The minimum atomic E-state index is -1.01. The number of carbonyl (C=O) groups is 3. The number of amides is 3. The molecule has 2 aromatic rings. The molecule has 0 saturated carbocycles. The molecule has 2 heterocycles. The van der Waals surface area contributed by atoms with Crippen LogP contribution in [-0.4, -0.2) is 34.9 Å². The molecule has 1 aromatic heterocycles. The van der Waals surface area contributed by atoms with E-state index in [1.807, 2.05) is 19.9 Å². The molecule has 1 aliphatic heterocycles.